The maximum absolute atomic E-state index is 10.9. The van der Waals surface area contributed by atoms with Gasteiger partial charge >= 0.3 is 5.97 Å². The number of hydrogen-bond acceptors (Lipinski definition) is 4. The summed E-state index contributed by atoms with van der Waals surface area (Å²) in [6.07, 6.45) is -0.0598. The molecule has 0 aliphatic rings. The summed E-state index contributed by atoms with van der Waals surface area (Å²) >= 11 is 0. The van der Waals surface area contributed by atoms with E-state index in [0.29, 0.717) is 13.2 Å². The maximum atomic E-state index is 10.9. The first-order valence-electron chi connectivity index (χ1n) is 6.79. The fourth-order valence-corrected chi connectivity index (χ4v) is 2.01. The molecule has 0 fully saturated rings. The molecular formula is C15H23NO4. The summed E-state index contributed by atoms with van der Waals surface area (Å²) in [5.41, 5.74) is 1.90. The van der Waals surface area contributed by atoms with Crippen molar-refractivity contribution in [3.05, 3.63) is 35.4 Å². The normalized spacial score (nSPS) is 13.9. The number of ether oxygens (including phenoxy) is 1. The number of benzene rings is 1. The van der Waals surface area contributed by atoms with Crippen LogP contribution in [0.1, 0.15) is 30.6 Å². The summed E-state index contributed by atoms with van der Waals surface area (Å²) in [6.45, 7) is 3.03. The average molecular weight is 281 g/mol. The Morgan fingerprint density at radius 1 is 1.35 bits per heavy atom. The zero-order valence-electron chi connectivity index (χ0n) is 12.0. The van der Waals surface area contributed by atoms with Gasteiger partial charge in [0.1, 0.15) is 0 Å². The lowest BCUT2D eigenvalue weighted by Crippen LogP contribution is -2.38. The topological polar surface area (TPSA) is 78.8 Å². The van der Waals surface area contributed by atoms with Crippen LogP contribution in [0.3, 0.4) is 0 Å². The molecule has 1 rings (SSSR count). The number of hydrogen-bond donors (Lipinski definition) is 3. The van der Waals surface area contributed by atoms with Gasteiger partial charge in [0, 0.05) is 19.7 Å². The smallest absolute Gasteiger partial charge is 0.305 e. The first-order valence-corrected chi connectivity index (χ1v) is 6.79. The van der Waals surface area contributed by atoms with Gasteiger partial charge in [-0.15, -0.1) is 0 Å². The largest absolute Gasteiger partial charge is 0.481 e. The number of aliphatic hydroxyl groups is 1. The molecule has 1 aromatic carbocycles. The lowest BCUT2D eigenvalue weighted by molar-refractivity contribution is -0.138. The Kier molecular flexibility index (Phi) is 7.22. The van der Waals surface area contributed by atoms with Gasteiger partial charge in [-0.3, -0.25) is 4.79 Å². The van der Waals surface area contributed by atoms with E-state index in [4.69, 9.17) is 9.84 Å². The first-order chi connectivity index (χ1) is 9.58. The Bertz CT molecular complexity index is 405. The van der Waals surface area contributed by atoms with Crippen molar-refractivity contribution in [1.82, 2.24) is 5.32 Å². The van der Waals surface area contributed by atoms with E-state index in [1.165, 1.54) is 5.56 Å². The molecule has 0 saturated heterocycles. The average Bonchev–Trinajstić information content (AvgIpc) is 2.45. The molecule has 0 aromatic heterocycles. The van der Waals surface area contributed by atoms with Gasteiger partial charge in [0.05, 0.1) is 19.1 Å². The van der Waals surface area contributed by atoms with Crippen LogP contribution >= 0.6 is 0 Å². The molecule has 0 bridgehead atoms. The second-order valence-corrected chi connectivity index (χ2v) is 4.69. The molecule has 5 heteroatoms. The summed E-state index contributed by atoms with van der Waals surface area (Å²) in [5.74, 6) is -0.941. The van der Waals surface area contributed by atoms with E-state index in [-0.39, 0.29) is 6.42 Å². The van der Waals surface area contributed by atoms with Crippen LogP contribution < -0.4 is 5.32 Å². The summed E-state index contributed by atoms with van der Waals surface area (Å²) in [7, 11) is 1.58. The van der Waals surface area contributed by atoms with Gasteiger partial charge in [-0.1, -0.05) is 31.2 Å². The van der Waals surface area contributed by atoms with Crippen LogP contribution in [0.5, 0.6) is 0 Å². The molecule has 0 heterocycles. The summed E-state index contributed by atoms with van der Waals surface area (Å²) in [5, 5.41) is 22.3. The van der Waals surface area contributed by atoms with Crippen LogP contribution in [-0.4, -0.2) is 42.5 Å². The van der Waals surface area contributed by atoms with Crippen molar-refractivity contribution < 1.29 is 19.7 Å². The minimum absolute atomic E-state index is 0.138. The number of carboxylic acids is 1. The van der Waals surface area contributed by atoms with Crippen molar-refractivity contribution in [2.45, 2.75) is 31.9 Å². The van der Waals surface area contributed by atoms with Gasteiger partial charge in [0.15, 0.2) is 0 Å². The van der Waals surface area contributed by atoms with Crippen molar-refractivity contribution in [2.24, 2.45) is 0 Å². The molecule has 5 nitrogen and oxygen atoms in total. The molecule has 20 heavy (non-hydrogen) atoms. The number of aliphatic hydroxyl groups excluding tert-OH is 1. The van der Waals surface area contributed by atoms with E-state index < -0.39 is 18.1 Å². The van der Waals surface area contributed by atoms with Crippen molar-refractivity contribution in [1.29, 1.82) is 0 Å². The quantitative estimate of drug-likeness (QED) is 0.596. The molecular weight excluding hydrogens is 258 g/mol. The number of aliphatic carboxylic acids is 1. The molecule has 0 spiro atoms. The first kappa shape index (κ1) is 16.6. The number of carbonyl (C=O) groups is 1. The Morgan fingerprint density at radius 3 is 2.50 bits per heavy atom. The molecule has 3 N–H and O–H groups in total. The maximum Gasteiger partial charge on any atom is 0.305 e. The summed E-state index contributed by atoms with van der Waals surface area (Å²) < 4.78 is 4.92. The highest BCUT2D eigenvalue weighted by Crippen LogP contribution is 2.20. The fraction of sp³-hybridized carbons (Fsp3) is 0.533. The fourth-order valence-electron chi connectivity index (χ4n) is 2.01. The predicted octanol–water partition coefficient (Wildman–Crippen LogP) is 1.36. The number of aryl methyl sites for hydroxylation is 1. The Morgan fingerprint density at radius 2 is 2.00 bits per heavy atom. The summed E-state index contributed by atoms with van der Waals surface area (Å²) in [4.78, 5) is 10.9. The standard InChI is InChI=1S/C15H23NO4/c1-3-11-4-6-12(7-5-11)15(19)13(10-14(17)18)16-8-9-20-2/h4-7,13,15-16,19H,3,8-10H2,1-2H3,(H,17,18). The molecule has 0 aliphatic heterocycles. The molecule has 0 saturated carbocycles. The Hall–Kier alpha value is -1.43. The third-order valence-electron chi connectivity index (χ3n) is 3.22. The zero-order chi connectivity index (χ0) is 15.0. The second-order valence-electron chi connectivity index (χ2n) is 4.69. The minimum Gasteiger partial charge on any atom is -0.481 e. The monoisotopic (exact) mass is 281 g/mol. The SMILES string of the molecule is CCc1ccc(C(O)C(CC(=O)O)NCCOC)cc1. The van der Waals surface area contributed by atoms with Gasteiger partial charge in [0.25, 0.3) is 0 Å². The highest BCUT2D eigenvalue weighted by molar-refractivity contribution is 5.67. The third-order valence-corrected chi connectivity index (χ3v) is 3.22. The van der Waals surface area contributed by atoms with Crippen LogP contribution in [0.2, 0.25) is 0 Å². The number of nitrogens with one attached hydrogen (secondary N) is 1. The molecule has 0 amide bonds. The van der Waals surface area contributed by atoms with Crippen LogP contribution in [0.15, 0.2) is 24.3 Å². The van der Waals surface area contributed by atoms with Crippen molar-refractivity contribution in [3.63, 3.8) is 0 Å². The highest BCUT2D eigenvalue weighted by atomic mass is 16.5. The van der Waals surface area contributed by atoms with E-state index in [0.717, 1.165) is 12.0 Å². The molecule has 0 radical (unpaired) electrons. The molecule has 0 aliphatic carbocycles. The lowest BCUT2D eigenvalue weighted by Gasteiger charge is -2.23. The van der Waals surface area contributed by atoms with E-state index in [9.17, 15) is 9.90 Å². The predicted molar refractivity (Wildman–Crippen MR) is 76.7 cm³/mol. The van der Waals surface area contributed by atoms with Crippen molar-refractivity contribution in [2.75, 3.05) is 20.3 Å². The van der Waals surface area contributed by atoms with Crippen molar-refractivity contribution in [3.8, 4) is 0 Å². The molecule has 2 atom stereocenters. The van der Waals surface area contributed by atoms with Crippen LogP contribution in [-0.2, 0) is 16.0 Å². The zero-order valence-corrected chi connectivity index (χ0v) is 12.0. The Balaban J connectivity index is 2.73. The van der Waals surface area contributed by atoms with Crippen LogP contribution in [0.25, 0.3) is 0 Å². The molecule has 2 unspecified atom stereocenters. The number of carboxylic acid groups (broad SMARTS) is 1. The summed E-state index contributed by atoms with van der Waals surface area (Å²) in [6, 6.07) is 7.05. The minimum atomic E-state index is -0.941. The number of rotatable bonds is 9. The van der Waals surface area contributed by atoms with Crippen LogP contribution in [0.4, 0.5) is 0 Å². The van der Waals surface area contributed by atoms with Gasteiger partial charge in [-0.05, 0) is 17.5 Å². The third kappa shape index (κ3) is 5.28. The number of methoxy groups -OCH3 is 1. The van der Waals surface area contributed by atoms with E-state index in [1.807, 2.05) is 24.3 Å². The van der Waals surface area contributed by atoms with Gasteiger partial charge in [-0.2, -0.15) is 0 Å². The molecule has 1 aromatic rings. The van der Waals surface area contributed by atoms with Gasteiger partial charge in [0.2, 0.25) is 0 Å². The van der Waals surface area contributed by atoms with E-state index in [2.05, 4.69) is 12.2 Å². The lowest BCUT2D eigenvalue weighted by atomic mass is 9.98. The molecule has 112 valence electrons. The van der Waals surface area contributed by atoms with Crippen LogP contribution in [0, 0.1) is 0 Å². The Labute approximate surface area is 119 Å². The van der Waals surface area contributed by atoms with E-state index >= 15 is 0 Å². The van der Waals surface area contributed by atoms with Crippen molar-refractivity contribution >= 4 is 5.97 Å². The van der Waals surface area contributed by atoms with E-state index in [1.54, 1.807) is 7.11 Å². The van der Waals surface area contributed by atoms with Gasteiger partial charge in [-0.25, -0.2) is 0 Å². The second kappa shape index (κ2) is 8.68. The highest BCUT2D eigenvalue weighted by Gasteiger charge is 2.23. The van der Waals surface area contributed by atoms with Gasteiger partial charge < -0.3 is 20.3 Å².